The fourth-order valence-electron chi connectivity index (χ4n) is 2.52. The number of nitrogens with zero attached hydrogens (tertiary/aromatic N) is 6. The van der Waals surface area contributed by atoms with Crippen LogP contribution >= 0.6 is 0 Å². The summed E-state index contributed by atoms with van der Waals surface area (Å²) in [5, 5.41) is 8.85. The first-order valence-corrected chi connectivity index (χ1v) is 7.39. The highest BCUT2D eigenvalue weighted by molar-refractivity contribution is 5.65. The van der Waals surface area contributed by atoms with Crippen LogP contribution in [0.25, 0.3) is 22.7 Å². The maximum absolute atomic E-state index is 11.9. The van der Waals surface area contributed by atoms with Crippen molar-refractivity contribution in [2.75, 3.05) is 0 Å². The van der Waals surface area contributed by atoms with Crippen molar-refractivity contribution >= 4 is 11.4 Å². The first-order chi connectivity index (χ1) is 11.2. The molecule has 0 bridgehead atoms. The SMILES string of the molecule is CCc1nc2cc(-c3ccccc3)nn2c2nc(=O)c(C)nn12. The van der Waals surface area contributed by atoms with Gasteiger partial charge in [-0.25, -0.2) is 4.98 Å². The summed E-state index contributed by atoms with van der Waals surface area (Å²) < 4.78 is 3.15. The third-order valence-corrected chi connectivity index (χ3v) is 3.70. The van der Waals surface area contributed by atoms with Gasteiger partial charge in [0.2, 0.25) is 0 Å². The van der Waals surface area contributed by atoms with Crippen LogP contribution in [0.3, 0.4) is 0 Å². The predicted octanol–water partition coefficient (Wildman–Crippen LogP) is 1.67. The smallest absolute Gasteiger partial charge is 0.265 e. The lowest BCUT2D eigenvalue weighted by atomic mass is 10.2. The Labute approximate surface area is 131 Å². The number of aromatic nitrogens is 6. The highest BCUT2D eigenvalue weighted by atomic mass is 16.1. The lowest BCUT2D eigenvalue weighted by Gasteiger charge is -2.06. The Hall–Kier alpha value is -3.09. The summed E-state index contributed by atoms with van der Waals surface area (Å²) in [6.07, 6.45) is 0.676. The van der Waals surface area contributed by atoms with E-state index in [0.717, 1.165) is 17.1 Å². The first-order valence-electron chi connectivity index (χ1n) is 7.39. The van der Waals surface area contributed by atoms with Crippen molar-refractivity contribution in [3.8, 4) is 11.3 Å². The molecule has 23 heavy (non-hydrogen) atoms. The van der Waals surface area contributed by atoms with Crippen molar-refractivity contribution in [3.05, 3.63) is 58.3 Å². The number of rotatable bonds is 2. The molecule has 7 nitrogen and oxygen atoms in total. The van der Waals surface area contributed by atoms with Crippen molar-refractivity contribution in [1.82, 2.24) is 29.2 Å². The molecule has 4 aromatic rings. The largest absolute Gasteiger partial charge is 0.296 e. The number of fused-ring (bicyclic) bond motifs is 3. The van der Waals surface area contributed by atoms with Gasteiger partial charge < -0.3 is 0 Å². The number of hydrogen-bond donors (Lipinski definition) is 0. The van der Waals surface area contributed by atoms with Crippen molar-refractivity contribution in [2.24, 2.45) is 0 Å². The molecule has 0 atom stereocenters. The fourth-order valence-corrected chi connectivity index (χ4v) is 2.52. The molecular formula is C16H14N6O. The molecule has 0 unspecified atom stereocenters. The maximum atomic E-state index is 11.9. The molecule has 0 saturated heterocycles. The molecule has 0 aliphatic rings. The van der Waals surface area contributed by atoms with Gasteiger partial charge >= 0.3 is 0 Å². The van der Waals surface area contributed by atoms with Gasteiger partial charge in [-0.1, -0.05) is 37.3 Å². The van der Waals surface area contributed by atoms with Crippen LogP contribution in [0, 0.1) is 6.92 Å². The van der Waals surface area contributed by atoms with Gasteiger partial charge in [0.15, 0.2) is 5.65 Å². The van der Waals surface area contributed by atoms with E-state index in [4.69, 9.17) is 0 Å². The minimum atomic E-state index is -0.351. The molecule has 3 aromatic heterocycles. The summed E-state index contributed by atoms with van der Waals surface area (Å²) in [5.41, 5.74) is 2.41. The van der Waals surface area contributed by atoms with Gasteiger partial charge in [-0.3, -0.25) is 4.79 Å². The predicted molar refractivity (Wildman–Crippen MR) is 85.4 cm³/mol. The van der Waals surface area contributed by atoms with Crippen molar-refractivity contribution in [1.29, 1.82) is 0 Å². The zero-order valence-corrected chi connectivity index (χ0v) is 12.8. The van der Waals surface area contributed by atoms with Crippen LogP contribution in [-0.2, 0) is 6.42 Å². The molecule has 0 amide bonds. The molecule has 0 saturated carbocycles. The molecule has 114 valence electrons. The molecule has 0 radical (unpaired) electrons. The topological polar surface area (TPSA) is 77.4 Å². The molecule has 1 aromatic carbocycles. The van der Waals surface area contributed by atoms with Gasteiger partial charge in [0, 0.05) is 18.1 Å². The molecule has 4 rings (SSSR count). The molecule has 7 heteroatoms. The molecule has 0 aliphatic heterocycles. The van der Waals surface area contributed by atoms with Crippen LogP contribution in [0.2, 0.25) is 0 Å². The van der Waals surface area contributed by atoms with Gasteiger partial charge in [0.25, 0.3) is 11.3 Å². The van der Waals surface area contributed by atoms with E-state index in [1.54, 1.807) is 16.0 Å². The molecule has 3 heterocycles. The summed E-state index contributed by atoms with van der Waals surface area (Å²) in [4.78, 5) is 20.6. The second kappa shape index (κ2) is 4.98. The summed E-state index contributed by atoms with van der Waals surface area (Å²) >= 11 is 0. The van der Waals surface area contributed by atoms with Crippen molar-refractivity contribution in [2.45, 2.75) is 20.3 Å². The van der Waals surface area contributed by atoms with Crippen LogP contribution in [0.15, 0.2) is 41.2 Å². The van der Waals surface area contributed by atoms with Crippen LogP contribution in [0.1, 0.15) is 18.4 Å². The zero-order valence-electron chi connectivity index (χ0n) is 12.8. The normalized spacial score (nSPS) is 11.4. The van der Waals surface area contributed by atoms with E-state index >= 15 is 0 Å². The quantitative estimate of drug-likeness (QED) is 0.563. The van der Waals surface area contributed by atoms with Crippen LogP contribution in [0.4, 0.5) is 0 Å². The first kappa shape index (κ1) is 13.6. The molecule has 0 N–H and O–H groups in total. The molecule has 0 spiro atoms. The third kappa shape index (κ3) is 2.09. The molecule has 0 aliphatic carbocycles. The number of aryl methyl sites for hydroxylation is 2. The summed E-state index contributed by atoms with van der Waals surface area (Å²) in [5.74, 6) is 1.12. The van der Waals surface area contributed by atoms with Crippen LogP contribution in [0.5, 0.6) is 0 Å². The van der Waals surface area contributed by atoms with E-state index in [-0.39, 0.29) is 5.56 Å². The number of benzene rings is 1. The van der Waals surface area contributed by atoms with Crippen LogP contribution < -0.4 is 5.56 Å². The van der Waals surface area contributed by atoms with Crippen molar-refractivity contribution in [3.63, 3.8) is 0 Å². The highest BCUT2D eigenvalue weighted by Crippen LogP contribution is 2.19. The lowest BCUT2D eigenvalue weighted by molar-refractivity contribution is 0.716. The number of hydrogen-bond acceptors (Lipinski definition) is 5. The minimum absolute atomic E-state index is 0.341. The maximum Gasteiger partial charge on any atom is 0.296 e. The average molecular weight is 306 g/mol. The van der Waals surface area contributed by atoms with Gasteiger partial charge in [0.1, 0.15) is 11.5 Å². The summed E-state index contributed by atoms with van der Waals surface area (Å²) in [6.45, 7) is 3.63. The Bertz CT molecular complexity index is 1080. The van der Waals surface area contributed by atoms with Gasteiger partial charge in [-0.2, -0.15) is 24.2 Å². The van der Waals surface area contributed by atoms with E-state index in [9.17, 15) is 4.79 Å². The van der Waals surface area contributed by atoms with E-state index in [1.165, 1.54) is 0 Å². The fraction of sp³-hybridized carbons (Fsp3) is 0.188. The summed E-state index contributed by atoms with van der Waals surface area (Å²) in [7, 11) is 0. The van der Waals surface area contributed by atoms with Gasteiger partial charge in [-0.05, 0) is 6.92 Å². The average Bonchev–Trinajstić information content (AvgIpc) is 3.00. The van der Waals surface area contributed by atoms with E-state index in [0.29, 0.717) is 23.5 Å². The lowest BCUT2D eigenvalue weighted by Crippen LogP contribution is -2.21. The third-order valence-electron chi connectivity index (χ3n) is 3.70. The van der Waals surface area contributed by atoms with E-state index in [1.807, 2.05) is 43.3 Å². The zero-order chi connectivity index (χ0) is 16.0. The highest BCUT2D eigenvalue weighted by Gasteiger charge is 2.14. The van der Waals surface area contributed by atoms with Gasteiger partial charge in [-0.15, -0.1) is 0 Å². The second-order valence-corrected chi connectivity index (χ2v) is 5.26. The Morgan fingerprint density at radius 1 is 1.04 bits per heavy atom. The van der Waals surface area contributed by atoms with Gasteiger partial charge in [0.05, 0.1) is 5.69 Å². The Balaban J connectivity index is 2.10. The monoisotopic (exact) mass is 306 g/mol. The Kier molecular flexibility index (Phi) is 2.94. The molecular weight excluding hydrogens is 292 g/mol. The standard InChI is InChI=1S/C16H14N6O/c1-3-13-17-14-9-12(11-7-5-4-6-8-11)20-22(14)16-18-15(23)10(2)19-21(13)16/h4-9H,3H2,1-2H3. The van der Waals surface area contributed by atoms with Crippen LogP contribution in [-0.4, -0.2) is 29.2 Å². The van der Waals surface area contributed by atoms with E-state index in [2.05, 4.69) is 20.2 Å². The van der Waals surface area contributed by atoms with E-state index < -0.39 is 0 Å². The second-order valence-electron chi connectivity index (χ2n) is 5.26. The summed E-state index contributed by atoms with van der Waals surface area (Å²) in [6, 6.07) is 11.7. The molecule has 0 fully saturated rings. The Morgan fingerprint density at radius 2 is 1.83 bits per heavy atom. The Morgan fingerprint density at radius 3 is 2.57 bits per heavy atom. The minimum Gasteiger partial charge on any atom is -0.265 e. The van der Waals surface area contributed by atoms with Crippen molar-refractivity contribution < 1.29 is 0 Å².